The number of nitrogens with one attached hydrogen (secondary N) is 1. The van der Waals surface area contributed by atoms with Crippen LogP contribution >= 0.6 is 0 Å². The van der Waals surface area contributed by atoms with E-state index >= 15 is 0 Å². The molecule has 1 aliphatic rings. The third-order valence-electron chi connectivity index (χ3n) is 5.16. The van der Waals surface area contributed by atoms with E-state index in [1.165, 1.54) is 17.0 Å². The van der Waals surface area contributed by atoms with Gasteiger partial charge in [0, 0.05) is 35.5 Å². The summed E-state index contributed by atoms with van der Waals surface area (Å²) in [7, 11) is 0. The lowest BCUT2D eigenvalue weighted by Gasteiger charge is -2.36. The van der Waals surface area contributed by atoms with E-state index in [-0.39, 0.29) is 17.5 Å². The summed E-state index contributed by atoms with van der Waals surface area (Å²) in [4.78, 5) is 14.6. The van der Waals surface area contributed by atoms with Gasteiger partial charge in [-0.1, -0.05) is 24.3 Å². The van der Waals surface area contributed by atoms with Crippen molar-refractivity contribution in [3.05, 3.63) is 77.7 Å². The number of benzene rings is 2. The Hall–Kier alpha value is -3.54. The molecule has 0 amide bonds. The Labute approximate surface area is 155 Å². The van der Waals surface area contributed by atoms with Crippen molar-refractivity contribution in [2.45, 2.75) is 12.5 Å². The number of phenols is 2. The van der Waals surface area contributed by atoms with Crippen molar-refractivity contribution in [2.24, 2.45) is 0 Å². The zero-order valence-corrected chi connectivity index (χ0v) is 14.5. The molecule has 1 atom stereocenters. The quantitative estimate of drug-likeness (QED) is 0.477. The number of anilines is 1. The standard InChI is InChI=1S/C21H18N4O2/c26-17-7-6-13(12-18(17)27)20-19-15(14-4-1-2-5-16(14)24-19)8-11-25(20)21-22-9-3-10-23-21/h1-7,9-10,12,20,24,26-27H,8,11H2. The normalized spacial score (nSPS) is 16.4. The summed E-state index contributed by atoms with van der Waals surface area (Å²) in [5.41, 5.74) is 4.30. The van der Waals surface area contributed by atoms with E-state index in [2.05, 4.69) is 32.0 Å². The molecule has 0 aliphatic carbocycles. The van der Waals surface area contributed by atoms with E-state index in [0.717, 1.165) is 29.7 Å². The van der Waals surface area contributed by atoms with Gasteiger partial charge in [-0.2, -0.15) is 0 Å². The minimum absolute atomic E-state index is 0.131. The first-order valence-electron chi connectivity index (χ1n) is 8.87. The zero-order chi connectivity index (χ0) is 18.4. The topological polar surface area (TPSA) is 85.3 Å². The molecule has 3 heterocycles. The van der Waals surface area contributed by atoms with Crippen LogP contribution in [0.5, 0.6) is 11.5 Å². The number of H-pyrrole nitrogens is 1. The SMILES string of the molecule is Oc1ccc(C2c3[nH]c4ccccc4c3CCN2c2ncccn2)cc1O. The van der Waals surface area contributed by atoms with Crippen molar-refractivity contribution in [1.29, 1.82) is 0 Å². The van der Waals surface area contributed by atoms with Crippen molar-refractivity contribution in [3.8, 4) is 11.5 Å². The molecule has 3 N–H and O–H groups in total. The van der Waals surface area contributed by atoms with Crippen molar-refractivity contribution < 1.29 is 10.2 Å². The number of hydrogen-bond acceptors (Lipinski definition) is 5. The van der Waals surface area contributed by atoms with Crippen molar-refractivity contribution >= 4 is 16.9 Å². The van der Waals surface area contributed by atoms with Crippen LogP contribution in [0.4, 0.5) is 5.95 Å². The molecule has 0 radical (unpaired) electrons. The molecular weight excluding hydrogens is 340 g/mol. The first-order chi connectivity index (χ1) is 13.2. The second kappa shape index (κ2) is 6.02. The fourth-order valence-electron chi connectivity index (χ4n) is 3.95. The van der Waals surface area contributed by atoms with Crippen LogP contribution < -0.4 is 4.90 Å². The predicted octanol–water partition coefficient (Wildman–Crippen LogP) is 3.52. The highest BCUT2D eigenvalue weighted by Gasteiger charge is 2.33. The van der Waals surface area contributed by atoms with Gasteiger partial charge in [-0.25, -0.2) is 9.97 Å². The van der Waals surface area contributed by atoms with Crippen LogP contribution in [0.2, 0.25) is 0 Å². The summed E-state index contributed by atoms with van der Waals surface area (Å²) in [6, 6.07) is 14.8. The van der Waals surface area contributed by atoms with Crippen LogP contribution in [0, 0.1) is 0 Å². The van der Waals surface area contributed by atoms with Crippen LogP contribution in [-0.2, 0) is 6.42 Å². The highest BCUT2D eigenvalue weighted by molar-refractivity contribution is 5.85. The predicted molar refractivity (Wildman–Crippen MR) is 103 cm³/mol. The number of hydrogen-bond donors (Lipinski definition) is 3. The summed E-state index contributed by atoms with van der Waals surface area (Å²) in [5, 5.41) is 21.0. The summed E-state index contributed by atoms with van der Waals surface area (Å²) >= 11 is 0. The van der Waals surface area contributed by atoms with Crippen molar-refractivity contribution in [2.75, 3.05) is 11.4 Å². The van der Waals surface area contributed by atoms with E-state index in [9.17, 15) is 10.2 Å². The number of aromatic nitrogens is 3. The summed E-state index contributed by atoms with van der Waals surface area (Å²) in [5.74, 6) is 0.373. The van der Waals surface area contributed by atoms with Crippen LogP contribution in [0.15, 0.2) is 60.9 Å². The Morgan fingerprint density at radius 3 is 2.59 bits per heavy atom. The van der Waals surface area contributed by atoms with Gasteiger partial charge in [0.15, 0.2) is 11.5 Å². The van der Waals surface area contributed by atoms with E-state index in [0.29, 0.717) is 5.95 Å². The molecular formula is C21H18N4O2. The molecule has 6 nitrogen and oxygen atoms in total. The van der Waals surface area contributed by atoms with Gasteiger partial charge in [0.1, 0.15) is 0 Å². The molecule has 2 aromatic carbocycles. The van der Waals surface area contributed by atoms with E-state index in [4.69, 9.17) is 0 Å². The molecule has 0 bridgehead atoms. The average Bonchev–Trinajstić information content (AvgIpc) is 3.09. The Balaban J connectivity index is 1.73. The van der Waals surface area contributed by atoms with E-state index in [1.807, 2.05) is 18.2 Å². The van der Waals surface area contributed by atoms with Gasteiger partial charge in [0.2, 0.25) is 5.95 Å². The van der Waals surface area contributed by atoms with Crippen LogP contribution in [-0.4, -0.2) is 31.7 Å². The second-order valence-corrected chi connectivity index (χ2v) is 6.71. The Morgan fingerprint density at radius 2 is 1.78 bits per heavy atom. The molecule has 4 aromatic rings. The van der Waals surface area contributed by atoms with Gasteiger partial charge < -0.3 is 20.1 Å². The minimum Gasteiger partial charge on any atom is -0.504 e. The molecule has 0 saturated heterocycles. The van der Waals surface area contributed by atoms with Gasteiger partial charge in [-0.3, -0.25) is 0 Å². The molecule has 27 heavy (non-hydrogen) atoms. The molecule has 0 spiro atoms. The largest absolute Gasteiger partial charge is 0.504 e. The molecule has 5 rings (SSSR count). The summed E-state index contributed by atoms with van der Waals surface area (Å²) in [6.07, 6.45) is 4.33. The van der Waals surface area contributed by atoms with E-state index < -0.39 is 0 Å². The fraction of sp³-hybridized carbons (Fsp3) is 0.143. The maximum absolute atomic E-state index is 10.1. The molecule has 2 aromatic heterocycles. The van der Waals surface area contributed by atoms with E-state index in [1.54, 1.807) is 24.5 Å². The number of aromatic amines is 1. The van der Waals surface area contributed by atoms with Gasteiger partial charge in [0.25, 0.3) is 0 Å². The molecule has 134 valence electrons. The van der Waals surface area contributed by atoms with Gasteiger partial charge in [-0.05, 0) is 41.8 Å². The van der Waals surface area contributed by atoms with Crippen LogP contribution in [0.3, 0.4) is 0 Å². The first kappa shape index (κ1) is 15.7. The number of rotatable bonds is 2. The van der Waals surface area contributed by atoms with Gasteiger partial charge in [0.05, 0.1) is 6.04 Å². The number of para-hydroxylation sites is 1. The van der Waals surface area contributed by atoms with Gasteiger partial charge >= 0.3 is 0 Å². The average molecular weight is 358 g/mol. The zero-order valence-electron chi connectivity index (χ0n) is 14.5. The molecule has 1 unspecified atom stereocenters. The van der Waals surface area contributed by atoms with Gasteiger partial charge in [-0.15, -0.1) is 0 Å². The smallest absolute Gasteiger partial charge is 0.226 e. The molecule has 1 aliphatic heterocycles. The first-order valence-corrected chi connectivity index (χ1v) is 8.87. The highest BCUT2D eigenvalue weighted by Crippen LogP contribution is 2.41. The minimum atomic E-state index is -0.185. The Kier molecular flexibility index (Phi) is 3.50. The van der Waals surface area contributed by atoms with Crippen molar-refractivity contribution in [3.63, 3.8) is 0 Å². The highest BCUT2D eigenvalue weighted by atomic mass is 16.3. The van der Waals surface area contributed by atoms with Crippen LogP contribution in [0.25, 0.3) is 10.9 Å². The summed E-state index contributed by atoms with van der Waals surface area (Å²) < 4.78 is 0. The lowest BCUT2D eigenvalue weighted by Crippen LogP contribution is -2.37. The number of nitrogens with zero attached hydrogens (tertiary/aromatic N) is 3. The fourth-order valence-corrected chi connectivity index (χ4v) is 3.95. The molecule has 0 saturated carbocycles. The maximum atomic E-state index is 10.1. The number of aromatic hydroxyl groups is 2. The monoisotopic (exact) mass is 358 g/mol. The molecule has 0 fully saturated rings. The Bertz CT molecular complexity index is 1120. The molecule has 6 heteroatoms. The Morgan fingerprint density at radius 1 is 0.963 bits per heavy atom. The lowest BCUT2D eigenvalue weighted by atomic mass is 9.92. The third kappa shape index (κ3) is 2.49. The third-order valence-corrected chi connectivity index (χ3v) is 5.16. The van der Waals surface area contributed by atoms with Crippen LogP contribution in [0.1, 0.15) is 22.9 Å². The van der Waals surface area contributed by atoms with Crippen molar-refractivity contribution in [1.82, 2.24) is 15.0 Å². The lowest BCUT2D eigenvalue weighted by molar-refractivity contribution is 0.402. The maximum Gasteiger partial charge on any atom is 0.226 e. The number of phenolic OH excluding ortho intramolecular Hbond substituents is 2. The number of fused-ring (bicyclic) bond motifs is 3. The summed E-state index contributed by atoms with van der Waals surface area (Å²) in [6.45, 7) is 0.755. The second-order valence-electron chi connectivity index (χ2n) is 6.71.